The van der Waals surface area contributed by atoms with Crippen molar-refractivity contribution in [2.75, 3.05) is 19.6 Å². The minimum absolute atomic E-state index is 0.895. The van der Waals surface area contributed by atoms with Crippen molar-refractivity contribution in [2.24, 2.45) is 17.8 Å². The molecule has 1 heterocycles. The van der Waals surface area contributed by atoms with Crippen LogP contribution in [0.25, 0.3) is 0 Å². The lowest BCUT2D eigenvalue weighted by atomic mass is 9.86. The maximum absolute atomic E-state index is 2.78. The molecule has 112 valence electrons. The summed E-state index contributed by atoms with van der Waals surface area (Å²) in [5, 5.41) is 0. The molecule has 1 saturated heterocycles. The summed E-state index contributed by atoms with van der Waals surface area (Å²) in [6.07, 6.45) is 14.9. The summed E-state index contributed by atoms with van der Waals surface area (Å²) in [6.45, 7) is 8.96. The molecule has 1 saturated carbocycles. The third kappa shape index (κ3) is 5.45. The van der Waals surface area contributed by atoms with Crippen LogP contribution >= 0.6 is 0 Å². The van der Waals surface area contributed by atoms with E-state index in [-0.39, 0.29) is 0 Å². The SMILES string of the molecule is CC(C)C1CCN(CC2CCCCCCCC2)CC1. The predicted molar refractivity (Wildman–Crippen MR) is 84.4 cm³/mol. The van der Waals surface area contributed by atoms with Gasteiger partial charge in [0, 0.05) is 6.54 Å². The fourth-order valence-electron chi connectivity index (χ4n) is 4.07. The standard InChI is InChI=1S/C18H35N/c1-16(2)18-11-13-19(14-12-18)15-17-9-7-5-3-4-6-8-10-17/h16-18H,3-15H2,1-2H3. The van der Waals surface area contributed by atoms with Gasteiger partial charge in [0.2, 0.25) is 0 Å². The molecular weight excluding hydrogens is 230 g/mol. The number of piperidine rings is 1. The third-order valence-corrected chi connectivity index (χ3v) is 5.57. The van der Waals surface area contributed by atoms with Crippen LogP contribution in [0.3, 0.4) is 0 Å². The van der Waals surface area contributed by atoms with E-state index in [1.807, 2.05) is 0 Å². The molecule has 0 radical (unpaired) electrons. The molecule has 0 aromatic carbocycles. The molecular formula is C18H35N. The van der Waals surface area contributed by atoms with Gasteiger partial charge >= 0.3 is 0 Å². The zero-order chi connectivity index (χ0) is 13.5. The van der Waals surface area contributed by atoms with Gasteiger partial charge in [0.1, 0.15) is 0 Å². The molecule has 0 spiro atoms. The van der Waals surface area contributed by atoms with Crippen molar-refractivity contribution >= 4 is 0 Å². The highest BCUT2D eigenvalue weighted by Crippen LogP contribution is 2.27. The molecule has 1 heteroatoms. The minimum atomic E-state index is 0.895. The van der Waals surface area contributed by atoms with Gasteiger partial charge in [-0.05, 0) is 56.5 Å². The maximum Gasteiger partial charge on any atom is 0.000966 e. The number of nitrogens with zero attached hydrogens (tertiary/aromatic N) is 1. The Morgan fingerprint density at radius 2 is 1.32 bits per heavy atom. The average molecular weight is 265 g/mol. The van der Waals surface area contributed by atoms with Gasteiger partial charge in [-0.15, -0.1) is 0 Å². The highest BCUT2D eigenvalue weighted by Gasteiger charge is 2.23. The second-order valence-corrected chi connectivity index (χ2v) is 7.45. The summed E-state index contributed by atoms with van der Waals surface area (Å²) in [5.41, 5.74) is 0. The van der Waals surface area contributed by atoms with Crippen LogP contribution in [-0.4, -0.2) is 24.5 Å². The fourth-order valence-corrected chi connectivity index (χ4v) is 4.07. The van der Waals surface area contributed by atoms with E-state index >= 15 is 0 Å². The van der Waals surface area contributed by atoms with Gasteiger partial charge in [0.05, 0.1) is 0 Å². The Kier molecular flexibility index (Phi) is 6.70. The summed E-state index contributed by atoms with van der Waals surface area (Å²) in [6, 6.07) is 0. The van der Waals surface area contributed by atoms with E-state index in [4.69, 9.17) is 0 Å². The summed E-state index contributed by atoms with van der Waals surface area (Å²) in [4.78, 5) is 2.78. The Labute approximate surface area is 121 Å². The summed E-state index contributed by atoms with van der Waals surface area (Å²) >= 11 is 0. The van der Waals surface area contributed by atoms with Crippen molar-refractivity contribution in [3.05, 3.63) is 0 Å². The van der Waals surface area contributed by atoms with E-state index in [2.05, 4.69) is 18.7 Å². The first-order valence-corrected chi connectivity index (χ1v) is 8.98. The lowest BCUT2D eigenvalue weighted by molar-refractivity contribution is 0.133. The van der Waals surface area contributed by atoms with Crippen molar-refractivity contribution in [3.8, 4) is 0 Å². The molecule has 1 aliphatic carbocycles. The molecule has 2 rings (SSSR count). The Balaban J connectivity index is 1.70. The molecule has 1 aliphatic heterocycles. The molecule has 0 amide bonds. The van der Waals surface area contributed by atoms with E-state index in [1.165, 1.54) is 83.8 Å². The summed E-state index contributed by atoms with van der Waals surface area (Å²) < 4.78 is 0. The van der Waals surface area contributed by atoms with E-state index in [0.29, 0.717) is 0 Å². The lowest BCUT2D eigenvalue weighted by Gasteiger charge is -2.35. The van der Waals surface area contributed by atoms with E-state index in [9.17, 15) is 0 Å². The van der Waals surface area contributed by atoms with Gasteiger partial charge in [-0.25, -0.2) is 0 Å². The van der Waals surface area contributed by atoms with Gasteiger partial charge in [-0.1, -0.05) is 52.4 Å². The molecule has 2 aliphatic rings. The van der Waals surface area contributed by atoms with Crippen molar-refractivity contribution in [1.29, 1.82) is 0 Å². The molecule has 0 atom stereocenters. The molecule has 0 bridgehead atoms. The third-order valence-electron chi connectivity index (χ3n) is 5.57. The van der Waals surface area contributed by atoms with Crippen molar-refractivity contribution < 1.29 is 0 Å². The largest absolute Gasteiger partial charge is 0.303 e. The van der Waals surface area contributed by atoms with Crippen molar-refractivity contribution in [2.45, 2.75) is 78.1 Å². The first kappa shape index (κ1) is 15.4. The van der Waals surface area contributed by atoms with Gasteiger partial charge in [0.25, 0.3) is 0 Å². The van der Waals surface area contributed by atoms with E-state index in [0.717, 1.165) is 17.8 Å². The van der Waals surface area contributed by atoms with Crippen LogP contribution in [0.15, 0.2) is 0 Å². The second-order valence-electron chi connectivity index (χ2n) is 7.45. The lowest BCUT2D eigenvalue weighted by Crippen LogP contribution is -2.38. The molecule has 0 aromatic rings. The highest BCUT2D eigenvalue weighted by atomic mass is 15.1. The summed E-state index contributed by atoms with van der Waals surface area (Å²) in [7, 11) is 0. The van der Waals surface area contributed by atoms with Gasteiger partial charge < -0.3 is 4.90 Å². The smallest absolute Gasteiger partial charge is 0.000966 e. The number of rotatable bonds is 3. The average Bonchev–Trinajstić information content (AvgIpc) is 2.53. The normalized spacial score (nSPS) is 26.1. The number of likely N-dealkylation sites (tertiary alicyclic amines) is 1. The molecule has 0 N–H and O–H groups in total. The van der Waals surface area contributed by atoms with Crippen LogP contribution in [0, 0.1) is 17.8 Å². The highest BCUT2D eigenvalue weighted by molar-refractivity contribution is 4.76. The van der Waals surface area contributed by atoms with Crippen LogP contribution in [0.5, 0.6) is 0 Å². The monoisotopic (exact) mass is 265 g/mol. The molecule has 1 nitrogen and oxygen atoms in total. The predicted octanol–water partition coefficient (Wildman–Crippen LogP) is 5.11. The van der Waals surface area contributed by atoms with Gasteiger partial charge in [-0.3, -0.25) is 0 Å². The van der Waals surface area contributed by atoms with Crippen LogP contribution < -0.4 is 0 Å². The van der Waals surface area contributed by atoms with E-state index in [1.54, 1.807) is 0 Å². The van der Waals surface area contributed by atoms with Crippen LogP contribution in [0.4, 0.5) is 0 Å². The minimum Gasteiger partial charge on any atom is -0.303 e. The second kappa shape index (κ2) is 8.29. The first-order chi connectivity index (χ1) is 9.25. The quantitative estimate of drug-likeness (QED) is 0.686. The van der Waals surface area contributed by atoms with E-state index < -0.39 is 0 Å². The fraction of sp³-hybridized carbons (Fsp3) is 1.00. The van der Waals surface area contributed by atoms with Crippen LogP contribution in [0.1, 0.15) is 78.1 Å². The number of hydrogen-bond acceptors (Lipinski definition) is 1. The zero-order valence-corrected chi connectivity index (χ0v) is 13.4. The van der Waals surface area contributed by atoms with Crippen molar-refractivity contribution in [3.63, 3.8) is 0 Å². The van der Waals surface area contributed by atoms with Gasteiger partial charge in [-0.2, -0.15) is 0 Å². The molecule has 0 unspecified atom stereocenters. The van der Waals surface area contributed by atoms with Crippen molar-refractivity contribution in [1.82, 2.24) is 4.90 Å². The first-order valence-electron chi connectivity index (χ1n) is 8.98. The Bertz CT molecular complexity index is 218. The zero-order valence-electron chi connectivity index (χ0n) is 13.4. The van der Waals surface area contributed by atoms with Crippen LogP contribution in [-0.2, 0) is 0 Å². The molecule has 19 heavy (non-hydrogen) atoms. The molecule has 2 fully saturated rings. The Morgan fingerprint density at radius 1 is 0.789 bits per heavy atom. The number of hydrogen-bond donors (Lipinski definition) is 0. The topological polar surface area (TPSA) is 3.24 Å². The maximum atomic E-state index is 2.78. The summed E-state index contributed by atoms with van der Waals surface area (Å²) in [5.74, 6) is 2.90. The molecule has 0 aromatic heterocycles. The Morgan fingerprint density at radius 3 is 1.84 bits per heavy atom. The van der Waals surface area contributed by atoms with Crippen LogP contribution in [0.2, 0.25) is 0 Å². The van der Waals surface area contributed by atoms with Gasteiger partial charge in [0.15, 0.2) is 0 Å². The Hall–Kier alpha value is -0.0400.